The van der Waals surface area contributed by atoms with Gasteiger partial charge in [0.2, 0.25) is 5.91 Å². The Bertz CT molecular complexity index is 759. The number of amides is 1. The van der Waals surface area contributed by atoms with Crippen LogP contribution in [-0.4, -0.2) is 15.9 Å². The van der Waals surface area contributed by atoms with Crippen LogP contribution in [0.5, 0.6) is 0 Å². The zero-order valence-corrected chi connectivity index (χ0v) is 12.2. The number of hydrogen-bond donors (Lipinski definition) is 2. The molecule has 0 bridgehead atoms. The molecule has 3 aromatic rings. The van der Waals surface area contributed by atoms with Crippen molar-refractivity contribution in [2.75, 3.05) is 5.32 Å². The fourth-order valence-corrected chi connectivity index (χ4v) is 2.88. The highest BCUT2D eigenvalue weighted by Crippen LogP contribution is 2.24. The van der Waals surface area contributed by atoms with Crippen molar-refractivity contribution in [1.82, 2.24) is 9.97 Å². The number of fused-ring (bicyclic) bond motifs is 1. The van der Waals surface area contributed by atoms with Gasteiger partial charge in [0.1, 0.15) is 0 Å². The smallest absolute Gasteiger partial charge is 0.230 e. The quantitative estimate of drug-likeness (QED) is 0.774. The van der Waals surface area contributed by atoms with Crippen LogP contribution in [0.15, 0.2) is 29.8 Å². The molecular weight excluding hydrogens is 270 g/mol. The summed E-state index contributed by atoms with van der Waals surface area (Å²) in [6.45, 7) is 4.06. The van der Waals surface area contributed by atoms with E-state index >= 15 is 0 Å². The molecule has 102 valence electrons. The SMILES string of the molecule is Cc1ccc2[nH]c(C)c(CC(=O)Nc3nccs3)c2c1. The average Bonchev–Trinajstić information content (AvgIpc) is 3.00. The van der Waals surface area contributed by atoms with E-state index in [-0.39, 0.29) is 5.91 Å². The van der Waals surface area contributed by atoms with Crippen LogP contribution >= 0.6 is 11.3 Å². The Morgan fingerprint density at radius 1 is 1.40 bits per heavy atom. The number of benzene rings is 1. The summed E-state index contributed by atoms with van der Waals surface area (Å²) >= 11 is 1.42. The molecule has 3 rings (SSSR count). The van der Waals surface area contributed by atoms with Crippen LogP contribution in [-0.2, 0) is 11.2 Å². The number of aryl methyl sites for hydroxylation is 2. The number of nitrogens with one attached hydrogen (secondary N) is 2. The van der Waals surface area contributed by atoms with Crippen molar-refractivity contribution in [3.63, 3.8) is 0 Å². The van der Waals surface area contributed by atoms with Crippen molar-refractivity contribution in [1.29, 1.82) is 0 Å². The van der Waals surface area contributed by atoms with E-state index in [1.807, 2.05) is 12.3 Å². The number of hydrogen-bond acceptors (Lipinski definition) is 3. The van der Waals surface area contributed by atoms with Crippen LogP contribution < -0.4 is 5.32 Å². The van der Waals surface area contributed by atoms with Gasteiger partial charge in [0.15, 0.2) is 5.13 Å². The Kier molecular flexibility index (Phi) is 3.28. The zero-order valence-electron chi connectivity index (χ0n) is 11.4. The van der Waals surface area contributed by atoms with E-state index in [1.165, 1.54) is 16.9 Å². The van der Waals surface area contributed by atoms with Gasteiger partial charge in [-0.1, -0.05) is 11.6 Å². The Labute approximate surface area is 120 Å². The lowest BCUT2D eigenvalue weighted by molar-refractivity contribution is -0.115. The molecule has 1 amide bonds. The molecule has 1 aromatic carbocycles. The summed E-state index contributed by atoms with van der Waals surface area (Å²) in [6, 6.07) is 6.24. The van der Waals surface area contributed by atoms with Gasteiger partial charge in [-0.2, -0.15) is 0 Å². The van der Waals surface area contributed by atoms with Crippen molar-refractivity contribution in [3.8, 4) is 0 Å². The molecule has 2 aromatic heterocycles. The molecule has 20 heavy (non-hydrogen) atoms. The standard InChI is InChI=1S/C15H15N3OS/c1-9-3-4-13-12(7-9)11(10(2)17-13)8-14(19)18-15-16-5-6-20-15/h3-7,17H,8H2,1-2H3,(H,16,18,19). The first-order valence-electron chi connectivity index (χ1n) is 6.40. The molecular formula is C15H15N3OS. The van der Waals surface area contributed by atoms with Gasteiger partial charge in [-0.15, -0.1) is 11.3 Å². The Morgan fingerprint density at radius 2 is 2.25 bits per heavy atom. The highest BCUT2D eigenvalue weighted by molar-refractivity contribution is 7.13. The maximum atomic E-state index is 12.1. The topological polar surface area (TPSA) is 57.8 Å². The molecule has 0 atom stereocenters. The second kappa shape index (κ2) is 5.09. The third-order valence-electron chi connectivity index (χ3n) is 3.29. The van der Waals surface area contributed by atoms with Crippen LogP contribution in [0, 0.1) is 13.8 Å². The second-order valence-electron chi connectivity index (χ2n) is 4.84. The monoisotopic (exact) mass is 285 g/mol. The lowest BCUT2D eigenvalue weighted by atomic mass is 10.1. The van der Waals surface area contributed by atoms with Crippen molar-refractivity contribution in [3.05, 3.63) is 46.6 Å². The number of H-pyrrole nitrogens is 1. The first kappa shape index (κ1) is 12.9. The number of carbonyl (C=O) groups excluding carboxylic acids is 1. The molecule has 0 fully saturated rings. The minimum absolute atomic E-state index is 0.0366. The van der Waals surface area contributed by atoms with Gasteiger partial charge in [-0.3, -0.25) is 4.79 Å². The zero-order chi connectivity index (χ0) is 14.1. The summed E-state index contributed by atoms with van der Waals surface area (Å²) in [5.74, 6) is -0.0366. The minimum Gasteiger partial charge on any atom is -0.358 e. The average molecular weight is 285 g/mol. The summed E-state index contributed by atoms with van der Waals surface area (Å²) in [5, 5.41) is 6.43. The Balaban J connectivity index is 1.88. The number of thiazole rings is 1. The molecule has 0 aliphatic rings. The molecule has 0 radical (unpaired) electrons. The number of anilines is 1. The van der Waals surface area contributed by atoms with E-state index < -0.39 is 0 Å². The van der Waals surface area contributed by atoms with Crippen molar-refractivity contribution < 1.29 is 4.79 Å². The van der Waals surface area contributed by atoms with Gasteiger partial charge in [0.05, 0.1) is 6.42 Å². The first-order chi connectivity index (χ1) is 9.63. The maximum Gasteiger partial charge on any atom is 0.230 e. The van der Waals surface area contributed by atoms with Gasteiger partial charge in [-0.05, 0) is 31.5 Å². The molecule has 0 aliphatic heterocycles. The number of aromatic amines is 1. The predicted molar refractivity (Wildman–Crippen MR) is 82.2 cm³/mol. The van der Waals surface area contributed by atoms with E-state index in [4.69, 9.17) is 0 Å². The lowest BCUT2D eigenvalue weighted by Crippen LogP contribution is -2.14. The third-order valence-corrected chi connectivity index (χ3v) is 3.98. The highest BCUT2D eigenvalue weighted by atomic mass is 32.1. The summed E-state index contributed by atoms with van der Waals surface area (Å²) in [5.41, 5.74) is 4.36. The fourth-order valence-electron chi connectivity index (χ4n) is 2.33. The molecule has 4 nitrogen and oxygen atoms in total. The van der Waals surface area contributed by atoms with Crippen LogP contribution in [0.25, 0.3) is 10.9 Å². The van der Waals surface area contributed by atoms with Crippen LogP contribution in [0.2, 0.25) is 0 Å². The molecule has 2 N–H and O–H groups in total. The van der Waals surface area contributed by atoms with Crippen LogP contribution in [0.1, 0.15) is 16.8 Å². The Hall–Kier alpha value is -2.14. The van der Waals surface area contributed by atoms with Crippen molar-refractivity contribution >= 4 is 33.3 Å². The van der Waals surface area contributed by atoms with Gasteiger partial charge in [0, 0.05) is 28.2 Å². The van der Waals surface area contributed by atoms with Gasteiger partial charge < -0.3 is 10.3 Å². The Morgan fingerprint density at radius 3 is 3.00 bits per heavy atom. The predicted octanol–water partition coefficient (Wildman–Crippen LogP) is 3.42. The summed E-state index contributed by atoms with van der Waals surface area (Å²) in [7, 11) is 0. The van der Waals surface area contributed by atoms with Crippen molar-refractivity contribution in [2.45, 2.75) is 20.3 Å². The third kappa shape index (κ3) is 2.44. The summed E-state index contributed by atoms with van der Waals surface area (Å²) in [6.07, 6.45) is 2.04. The normalized spacial score (nSPS) is 10.9. The molecule has 0 saturated carbocycles. The van der Waals surface area contributed by atoms with E-state index in [9.17, 15) is 4.79 Å². The first-order valence-corrected chi connectivity index (χ1v) is 7.28. The molecule has 0 saturated heterocycles. The molecule has 5 heteroatoms. The molecule has 0 aliphatic carbocycles. The van der Waals surface area contributed by atoms with Gasteiger partial charge in [0.25, 0.3) is 0 Å². The second-order valence-corrected chi connectivity index (χ2v) is 5.73. The van der Waals surface area contributed by atoms with Crippen LogP contribution in [0.4, 0.5) is 5.13 Å². The molecule has 0 unspecified atom stereocenters. The fraction of sp³-hybridized carbons (Fsp3) is 0.200. The number of rotatable bonds is 3. The summed E-state index contributed by atoms with van der Waals surface area (Å²) in [4.78, 5) is 19.5. The molecule has 2 heterocycles. The minimum atomic E-state index is -0.0366. The number of nitrogens with zero attached hydrogens (tertiary/aromatic N) is 1. The maximum absolute atomic E-state index is 12.1. The van der Waals surface area contributed by atoms with E-state index in [2.05, 4.69) is 40.4 Å². The number of aromatic nitrogens is 2. The van der Waals surface area contributed by atoms with E-state index in [0.717, 1.165) is 22.2 Å². The largest absolute Gasteiger partial charge is 0.358 e. The van der Waals surface area contributed by atoms with Crippen molar-refractivity contribution in [2.24, 2.45) is 0 Å². The number of carbonyl (C=O) groups is 1. The lowest BCUT2D eigenvalue weighted by Gasteiger charge is -2.03. The summed E-state index contributed by atoms with van der Waals surface area (Å²) < 4.78 is 0. The highest BCUT2D eigenvalue weighted by Gasteiger charge is 2.13. The van der Waals surface area contributed by atoms with E-state index in [1.54, 1.807) is 6.20 Å². The van der Waals surface area contributed by atoms with E-state index in [0.29, 0.717) is 11.6 Å². The van der Waals surface area contributed by atoms with Crippen LogP contribution in [0.3, 0.4) is 0 Å². The molecule has 0 spiro atoms. The van der Waals surface area contributed by atoms with Gasteiger partial charge in [-0.25, -0.2) is 4.98 Å². The van der Waals surface area contributed by atoms with Gasteiger partial charge >= 0.3 is 0 Å².